The van der Waals surface area contributed by atoms with E-state index in [0.717, 1.165) is 11.6 Å². The van der Waals surface area contributed by atoms with E-state index in [1.54, 1.807) is 6.20 Å². The Morgan fingerprint density at radius 3 is 2.12 bits per heavy atom. The Balaban J connectivity index is -0.0000000504. The van der Waals surface area contributed by atoms with Crippen LogP contribution in [0.3, 0.4) is 0 Å². The van der Waals surface area contributed by atoms with Gasteiger partial charge in [0.1, 0.15) is 0 Å². The third-order valence-corrected chi connectivity index (χ3v) is 1.26. The molecule has 0 fully saturated rings. The van der Waals surface area contributed by atoms with Crippen molar-refractivity contribution in [1.82, 2.24) is 5.32 Å². The molecule has 0 bridgehead atoms. The summed E-state index contributed by atoms with van der Waals surface area (Å²) < 4.78 is 0. The normalized spacial score (nSPS) is 10.5. The minimum atomic E-state index is -1.17. The minimum Gasteiger partial charge on any atom is -0.545 e. The molecule has 1 aliphatic rings. The summed E-state index contributed by atoms with van der Waals surface area (Å²) in [6, 6.07) is 0. The Morgan fingerprint density at radius 2 is 1.76 bits per heavy atom. The summed E-state index contributed by atoms with van der Waals surface area (Å²) in [4.78, 5) is 9.98. The average Bonchev–Trinajstić information content (AvgIpc) is 2.03. The fourth-order valence-electron chi connectivity index (χ4n) is 0.765. The molecule has 0 radical (unpaired) electrons. The molecule has 0 saturated carbocycles. The molecule has 9 heteroatoms. The first-order valence-corrected chi connectivity index (χ1v) is 3.27. The zero-order valence-corrected chi connectivity index (χ0v) is 18.4. The van der Waals surface area contributed by atoms with Crippen molar-refractivity contribution >= 4 is 5.97 Å². The van der Waals surface area contributed by atoms with Gasteiger partial charge < -0.3 is 31.6 Å². The van der Waals surface area contributed by atoms with Crippen LogP contribution in [0.1, 0.15) is 0 Å². The van der Waals surface area contributed by atoms with Gasteiger partial charge in [-0.3, -0.25) is 0 Å². The average molecular weight is 400 g/mol. The largest absolute Gasteiger partial charge is 0.545 e. The zero-order chi connectivity index (χ0) is 8.10. The van der Waals surface area contributed by atoms with E-state index in [2.05, 4.69) is 5.32 Å². The molecule has 0 aromatic rings. The molecule has 0 aromatic heterocycles. The van der Waals surface area contributed by atoms with Gasteiger partial charge in [0.15, 0.2) is 0 Å². The fraction of sp³-hybridized carbons (Fsp3) is 0.125. The molecular formula is C8H14NO5Zn3-. The van der Waals surface area contributed by atoms with Crippen LogP contribution in [0.2, 0.25) is 0 Å². The second-order valence-electron chi connectivity index (χ2n) is 2.13. The van der Waals surface area contributed by atoms with Crippen LogP contribution in [0.25, 0.3) is 0 Å². The molecule has 88 valence electrons. The number of carbonyl (C=O) groups is 1. The Labute approximate surface area is 138 Å². The van der Waals surface area contributed by atoms with Gasteiger partial charge in [0.2, 0.25) is 0 Å². The molecule has 0 amide bonds. The molecule has 17 heavy (non-hydrogen) atoms. The minimum absolute atomic E-state index is 0. The summed E-state index contributed by atoms with van der Waals surface area (Å²) in [5, 5.41) is 12.9. The molecule has 0 unspecified atom stereocenters. The first-order valence-electron chi connectivity index (χ1n) is 3.27. The van der Waals surface area contributed by atoms with Crippen molar-refractivity contribution in [2.24, 2.45) is 0 Å². The van der Waals surface area contributed by atoms with Crippen LogP contribution >= 0.6 is 0 Å². The maximum Gasteiger partial charge on any atom is 0.0642 e. The SMILES string of the molecule is O.O.O.O=C([O-])C=CC1=CC=CNC1.[Zn].[Zn].[Zn]. The van der Waals surface area contributed by atoms with Crippen LogP contribution in [-0.4, -0.2) is 28.9 Å². The number of hydrogen-bond donors (Lipinski definition) is 1. The maximum absolute atomic E-state index is 9.98. The Hall–Kier alpha value is 0.240. The van der Waals surface area contributed by atoms with E-state index in [4.69, 9.17) is 0 Å². The van der Waals surface area contributed by atoms with Gasteiger partial charge in [-0.1, -0.05) is 12.2 Å². The molecule has 0 aliphatic carbocycles. The van der Waals surface area contributed by atoms with Gasteiger partial charge >= 0.3 is 0 Å². The molecule has 1 heterocycles. The summed E-state index contributed by atoms with van der Waals surface area (Å²) in [7, 11) is 0. The van der Waals surface area contributed by atoms with Crippen molar-refractivity contribution < 1.29 is 84.8 Å². The smallest absolute Gasteiger partial charge is 0.0642 e. The summed E-state index contributed by atoms with van der Waals surface area (Å²) in [5.74, 6) is -1.17. The topological polar surface area (TPSA) is 147 Å². The number of nitrogens with one attached hydrogen (secondary N) is 1. The number of carbonyl (C=O) groups excluding carboxylic acids is 1. The molecule has 1 rings (SSSR count). The van der Waals surface area contributed by atoms with Crippen molar-refractivity contribution in [2.75, 3.05) is 6.54 Å². The standard InChI is InChI=1S/C8H9NO2.3H2O.3Zn/c10-8(11)4-3-7-2-1-5-9-6-7;;;;;;/h1-5,9H,6H2,(H,10,11);3*1H2;;;/p-1. The van der Waals surface area contributed by atoms with Crippen LogP contribution in [0.4, 0.5) is 0 Å². The number of allylic oxidation sites excluding steroid dienone is 2. The molecule has 0 spiro atoms. The zero-order valence-electron chi connectivity index (χ0n) is 9.53. The molecule has 1 aliphatic heterocycles. The molecule has 6 nitrogen and oxygen atoms in total. The summed E-state index contributed by atoms with van der Waals surface area (Å²) >= 11 is 0. The number of carboxylic acid groups (broad SMARTS) is 1. The van der Waals surface area contributed by atoms with Crippen LogP contribution in [0.15, 0.2) is 36.1 Å². The van der Waals surface area contributed by atoms with Crippen molar-refractivity contribution in [3.63, 3.8) is 0 Å². The number of dihydropyridines is 1. The molecule has 0 atom stereocenters. The van der Waals surface area contributed by atoms with E-state index < -0.39 is 5.97 Å². The quantitative estimate of drug-likeness (QED) is 0.386. The van der Waals surface area contributed by atoms with Crippen molar-refractivity contribution in [3.05, 3.63) is 36.1 Å². The first kappa shape index (κ1) is 36.0. The number of carboxylic acids is 1. The van der Waals surface area contributed by atoms with Crippen molar-refractivity contribution in [2.45, 2.75) is 0 Å². The van der Waals surface area contributed by atoms with Crippen molar-refractivity contribution in [1.29, 1.82) is 0 Å². The monoisotopic (exact) mass is 396 g/mol. The molecule has 7 N–H and O–H groups in total. The third kappa shape index (κ3) is 18.8. The van der Waals surface area contributed by atoms with Crippen molar-refractivity contribution in [3.8, 4) is 0 Å². The van der Waals surface area contributed by atoms with Gasteiger partial charge in [-0.2, -0.15) is 0 Å². The molecule has 0 aromatic carbocycles. The summed E-state index contributed by atoms with van der Waals surface area (Å²) in [5.41, 5.74) is 0.928. The van der Waals surface area contributed by atoms with E-state index in [1.807, 2.05) is 12.2 Å². The van der Waals surface area contributed by atoms with Gasteiger partial charge in [-0.05, 0) is 23.9 Å². The second-order valence-corrected chi connectivity index (χ2v) is 2.13. The van der Waals surface area contributed by atoms with E-state index in [0.29, 0.717) is 6.54 Å². The van der Waals surface area contributed by atoms with Crippen LogP contribution in [0, 0.1) is 0 Å². The van der Waals surface area contributed by atoms with Gasteiger partial charge in [-0.25, -0.2) is 0 Å². The number of hydrogen-bond acceptors (Lipinski definition) is 3. The first-order chi connectivity index (χ1) is 5.29. The Bertz CT molecular complexity index is 256. The van der Waals surface area contributed by atoms with E-state index >= 15 is 0 Å². The van der Waals surface area contributed by atoms with Gasteiger partial charge in [0.05, 0.1) is 5.97 Å². The second kappa shape index (κ2) is 21.5. The van der Waals surface area contributed by atoms with E-state index in [9.17, 15) is 9.90 Å². The van der Waals surface area contributed by atoms with Crippen LogP contribution in [-0.2, 0) is 63.2 Å². The van der Waals surface area contributed by atoms with Crippen LogP contribution < -0.4 is 10.4 Å². The Morgan fingerprint density at radius 1 is 1.24 bits per heavy atom. The third-order valence-electron chi connectivity index (χ3n) is 1.26. The maximum atomic E-state index is 9.98. The number of rotatable bonds is 2. The number of aliphatic carboxylic acids is 1. The van der Waals surface area contributed by atoms with Gasteiger partial charge in [0.25, 0.3) is 0 Å². The summed E-state index contributed by atoms with van der Waals surface area (Å²) in [6.45, 7) is 0.667. The predicted octanol–water partition coefficient (Wildman–Crippen LogP) is -3.15. The van der Waals surface area contributed by atoms with Gasteiger partial charge in [-0.15, -0.1) is 0 Å². The fourth-order valence-corrected chi connectivity index (χ4v) is 0.765. The predicted molar refractivity (Wildman–Crippen MR) is 50.2 cm³/mol. The Kier molecular flexibility index (Phi) is 45.6. The molecular weight excluding hydrogens is 386 g/mol. The van der Waals surface area contributed by atoms with Gasteiger partial charge in [0, 0.05) is 65.0 Å². The summed E-state index contributed by atoms with van der Waals surface area (Å²) in [6.07, 6.45) is 8.00. The van der Waals surface area contributed by atoms with Crippen LogP contribution in [0.5, 0.6) is 0 Å². The van der Waals surface area contributed by atoms with E-state index in [-0.39, 0.29) is 74.9 Å². The molecule has 0 saturated heterocycles. The van der Waals surface area contributed by atoms with E-state index in [1.165, 1.54) is 6.08 Å².